The van der Waals surface area contributed by atoms with E-state index in [4.69, 9.17) is 14.2 Å². The van der Waals surface area contributed by atoms with Crippen molar-refractivity contribution in [3.05, 3.63) is 24.0 Å². The summed E-state index contributed by atoms with van der Waals surface area (Å²) in [6.45, 7) is 5.99. The molecule has 3 rings (SSSR count). The highest BCUT2D eigenvalue weighted by molar-refractivity contribution is 5.82. The average molecular weight is 404 g/mol. The van der Waals surface area contributed by atoms with E-state index in [0.29, 0.717) is 0 Å². The number of amides is 1. The van der Waals surface area contributed by atoms with Gasteiger partial charge in [0.15, 0.2) is 11.9 Å². The van der Waals surface area contributed by atoms with Crippen LogP contribution in [-0.2, 0) is 25.4 Å². The highest BCUT2D eigenvalue weighted by Gasteiger charge is 2.26. The molecule has 9 heteroatoms. The van der Waals surface area contributed by atoms with E-state index in [1.807, 2.05) is 6.07 Å². The molecule has 2 aromatic heterocycles. The van der Waals surface area contributed by atoms with Gasteiger partial charge in [0.05, 0.1) is 13.3 Å². The van der Waals surface area contributed by atoms with E-state index in [1.165, 1.54) is 7.11 Å². The van der Waals surface area contributed by atoms with Crippen LogP contribution in [0.2, 0.25) is 0 Å². The summed E-state index contributed by atoms with van der Waals surface area (Å²) in [4.78, 5) is 28.7. The molecule has 1 amide bonds. The number of alkyl carbamates (subject to hydrolysis) is 1. The van der Waals surface area contributed by atoms with Crippen molar-refractivity contribution in [3.8, 4) is 0 Å². The number of methoxy groups -OCH3 is 1. The van der Waals surface area contributed by atoms with Crippen LogP contribution in [-0.4, -0.2) is 52.2 Å². The van der Waals surface area contributed by atoms with Crippen LogP contribution < -0.4 is 5.32 Å². The fourth-order valence-corrected chi connectivity index (χ4v) is 3.25. The first-order chi connectivity index (χ1) is 13.8. The van der Waals surface area contributed by atoms with Crippen molar-refractivity contribution in [2.24, 2.45) is 0 Å². The van der Waals surface area contributed by atoms with Crippen LogP contribution in [0.4, 0.5) is 4.79 Å². The second kappa shape index (κ2) is 8.77. The van der Waals surface area contributed by atoms with Crippen LogP contribution in [0.25, 0.3) is 11.0 Å². The Bertz CT molecular complexity index is 867. The number of ether oxygens (including phenoxy) is 3. The van der Waals surface area contributed by atoms with Gasteiger partial charge in [-0.05, 0) is 51.7 Å². The molecule has 0 aliphatic carbocycles. The van der Waals surface area contributed by atoms with Gasteiger partial charge in [-0.3, -0.25) is 0 Å². The summed E-state index contributed by atoms with van der Waals surface area (Å²) in [5.74, 6) is -0.553. The molecule has 0 spiro atoms. The maximum Gasteiger partial charge on any atom is 0.408 e. The molecule has 29 heavy (non-hydrogen) atoms. The molecule has 1 aliphatic heterocycles. The number of nitrogens with zero attached hydrogens (tertiary/aromatic N) is 3. The van der Waals surface area contributed by atoms with Crippen LogP contribution in [0.15, 0.2) is 18.5 Å². The summed E-state index contributed by atoms with van der Waals surface area (Å²) in [7, 11) is 1.28. The van der Waals surface area contributed by atoms with E-state index in [1.54, 1.807) is 37.8 Å². The lowest BCUT2D eigenvalue weighted by molar-refractivity contribution is -0.143. The molecule has 158 valence electrons. The summed E-state index contributed by atoms with van der Waals surface area (Å²) in [6, 6.07) is 1.02. The van der Waals surface area contributed by atoms with Crippen molar-refractivity contribution in [1.29, 1.82) is 0 Å². The van der Waals surface area contributed by atoms with Crippen LogP contribution >= 0.6 is 0 Å². The number of hydrogen-bond donors (Lipinski definition) is 1. The van der Waals surface area contributed by atoms with Gasteiger partial charge in [-0.25, -0.2) is 19.3 Å². The number of nitrogens with one attached hydrogen (secondary N) is 1. The molecule has 1 fully saturated rings. The van der Waals surface area contributed by atoms with Gasteiger partial charge in [-0.1, -0.05) is 0 Å². The number of hydrogen-bond acceptors (Lipinski definition) is 7. The lowest BCUT2D eigenvalue weighted by Gasteiger charge is -2.23. The highest BCUT2D eigenvalue weighted by Crippen LogP contribution is 2.25. The SMILES string of the molecule is COC(=O)[C@H](Cc1cnc2c(cnn2C2CCCCO2)c1)NC(=O)OC(C)(C)C. The number of esters is 1. The van der Waals surface area contributed by atoms with Crippen molar-refractivity contribution in [3.63, 3.8) is 0 Å². The summed E-state index contributed by atoms with van der Waals surface area (Å²) < 4.78 is 17.7. The molecule has 1 unspecified atom stereocenters. The van der Waals surface area contributed by atoms with Crippen LogP contribution in [0, 0.1) is 0 Å². The average Bonchev–Trinajstić information content (AvgIpc) is 3.09. The molecule has 3 heterocycles. The Morgan fingerprint density at radius 2 is 2.14 bits per heavy atom. The Balaban J connectivity index is 1.75. The molecule has 1 aliphatic rings. The molecule has 0 radical (unpaired) electrons. The number of rotatable bonds is 5. The molecule has 0 bridgehead atoms. The largest absolute Gasteiger partial charge is 0.467 e. The Morgan fingerprint density at radius 3 is 2.79 bits per heavy atom. The van der Waals surface area contributed by atoms with Gasteiger partial charge < -0.3 is 19.5 Å². The smallest absolute Gasteiger partial charge is 0.408 e. The summed E-state index contributed by atoms with van der Waals surface area (Å²) in [6.07, 6.45) is 5.92. The summed E-state index contributed by atoms with van der Waals surface area (Å²) >= 11 is 0. The van der Waals surface area contributed by atoms with E-state index in [-0.39, 0.29) is 12.6 Å². The van der Waals surface area contributed by atoms with E-state index in [9.17, 15) is 9.59 Å². The predicted molar refractivity (Wildman–Crippen MR) is 105 cm³/mol. The Morgan fingerprint density at radius 1 is 1.34 bits per heavy atom. The third kappa shape index (κ3) is 5.44. The van der Waals surface area contributed by atoms with Gasteiger partial charge >= 0.3 is 12.1 Å². The zero-order valence-electron chi connectivity index (χ0n) is 17.3. The molecule has 0 saturated carbocycles. The second-order valence-corrected chi connectivity index (χ2v) is 8.09. The standard InChI is InChI=1S/C20H28N4O5/c1-20(2,3)29-19(26)23-15(18(25)27-4)10-13-9-14-12-22-24(17(14)21-11-13)16-7-5-6-8-28-16/h9,11-12,15-16H,5-8,10H2,1-4H3,(H,23,26)/t15-,16?/m0/s1. The second-order valence-electron chi connectivity index (χ2n) is 8.09. The summed E-state index contributed by atoms with van der Waals surface area (Å²) in [5, 5.41) is 7.85. The maximum absolute atomic E-state index is 12.1. The zero-order valence-corrected chi connectivity index (χ0v) is 17.3. The molecule has 0 aromatic carbocycles. The van der Waals surface area contributed by atoms with Gasteiger partial charge in [-0.15, -0.1) is 0 Å². The van der Waals surface area contributed by atoms with Gasteiger partial charge in [-0.2, -0.15) is 5.10 Å². The molecule has 2 aromatic rings. The molecular weight excluding hydrogens is 376 g/mol. The number of fused-ring (bicyclic) bond motifs is 1. The molecule has 1 N–H and O–H groups in total. The van der Waals surface area contributed by atoms with Crippen molar-refractivity contribution in [2.45, 2.75) is 64.3 Å². The normalized spacial score (nSPS) is 18.3. The fourth-order valence-electron chi connectivity index (χ4n) is 3.25. The van der Waals surface area contributed by atoms with Gasteiger partial charge in [0.1, 0.15) is 11.6 Å². The number of carbonyl (C=O) groups excluding carboxylic acids is 2. The monoisotopic (exact) mass is 404 g/mol. The van der Waals surface area contributed by atoms with Crippen molar-refractivity contribution in [2.75, 3.05) is 13.7 Å². The highest BCUT2D eigenvalue weighted by atomic mass is 16.6. The van der Waals surface area contributed by atoms with Gasteiger partial charge in [0, 0.05) is 24.6 Å². The lowest BCUT2D eigenvalue weighted by Crippen LogP contribution is -2.45. The number of carbonyl (C=O) groups is 2. The third-order valence-electron chi connectivity index (χ3n) is 4.53. The number of aromatic nitrogens is 3. The summed E-state index contributed by atoms with van der Waals surface area (Å²) in [5.41, 5.74) is 0.838. The van der Waals surface area contributed by atoms with Gasteiger partial charge in [0.25, 0.3) is 0 Å². The van der Waals surface area contributed by atoms with Crippen molar-refractivity contribution < 1.29 is 23.8 Å². The van der Waals surface area contributed by atoms with E-state index < -0.39 is 23.7 Å². The Labute approximate surface area is 169 Å². The molecule has 2 atom stereocenters. The van der Waals surface area contributed by atoms with E-state index >= 15 is 0 Å². The topological polar surface area (TPSA) is 105 Å². The Hall–Kier alpha value is -2.68. The van der Waals surface area contributed by atoms with Crippen molar-refractivity contribution >= 4 is 23.1 Å². The van der Waals surface area contributed by atoms with E-state index in [2.05, 4.69) is 15.4 Å². The van der Waals surface area contributed by atoms with Crippen molar-refractivity contribution in [1.82, 2.24) is 20.1 Å². The fraction of sp³-hybridized carbons (Fsp3) is 0.600. The first-order valence-electron chi connectivity index (χ1n) is 9.78. The minimum absolute atomic E-state index is 0.101. The molecule has 1 saturated heterocycles. The van der Waals surface area contributed by atoms with E-state index in [0.717, 1.165) is 42.5 Å². The van der Waals surface area contributed by atoms with Gasteiger partial charge in [0.2, 0.25) is 0 Å². The number of pyridine rings is 1. The predicted octanol–water partition coefficient (Wildman–Crippen LogP) is 2.74. The minimum atomic E-state index is -0.883. The quantitative estimate of drug-likeness (QED) is 0.764. The molecule has 9 nitrogen and oxygen atoms in total. The first-order valence-corrected chi connectivity index (χ1v) is 9.78. The zero-order chi connectivity index (χ0) is 21.0. The Kier molecular flexibility index (Phi) is 6.36. The third-order valence-corrected chi connectivity index (χ3v) is 4.53. The maximum atomic E-state index is 12.1. The first kappa shape index (κ1) is 21.0. The van der Waals surface area contributed by atoms with Crippen LogP contribution in [0.1, 0.15) is 51.8 Å². The lowest BCUT2D eigenvalue weighted by atomic mass is 10.1. The minimum Gasteiger partial charge on any atom is -0.467 e. The van der Waals surface area contributed by atoms with Crippen LogP contribution in [0.5, 0.6) is 0 Å². The molecular formula is C20H28N4O5. The van der Waals surface area contributed by atoms with Crippen LogP contribution in [0.3, 0.4) is 0 Å².